The molecule has 0 spiro atoms. The smallest absolute Gasteiger partial charge is 0.222 e. The van der Waals surface area contributed by atoms with Crippen molar-refractivity contribution in [2.24, 2.45) is 5.73 Å². The van der Waals surface area contributed by atoms with Crippen molar-refractivity contribution in [3.8, 4) is 0 Å². The molecule has 2 rings (SSSR count). The Hall–Kier alpha value is -1.77. The predicted octanol–water partition coefficient (Wildman–Crippen LogP) is 1.74. The van der Waals surface area contributed by atoms with Crippen LogP contribution in [0.3, 0.4) is 0 Å². The third-order valence-electron chi connectivity index (χ3n) is 2.87. The van der Waals surface area contributed by atoms with Crippen molar-refractivity contribution in [3.63, 3.8) is 0 Å². The van der Waals surface area contributed by atoms with Gasteiger partial charge in [0.05, 0.1) is 0 Å². The Morgan fingerprint density at radius 1 is 1.38 bits per heavy atom. The molecule has 1 aromatic carbocycles. The lowest BCUT2D eigenvalue weighted by atomic mass is 10.1. The first-order valence-corrected chi connectivity index (χ1v) is 5.48. The molecule has 0 bridgehead atoms. The second kappa shape index (κ2) is 4.39. The summed E-state index contributed by atoms with van der Waals surface area (Å²) in [6.45, 7) is 5.27. The van der Waals surface area contributed by atoms with E-state index in [9.17, 15) is 4.79 Å². The third-order valence-corrected chi connectivity index (χ3v) is 2.87. The van der Waals surface area contributed by atoms with Gasteiger partial charge in [-0.15, -0.1) is 0 Å². The van der Waals surface area contributed by atoms with Crippen LogP contribution in [-0.2, 0) is 11.3 Å². The van der Waals surface area contributed by atoms with Crippen molar-refractivity contribution in [1.82, 2.24) is 4.90 Å². The highest BCUT2D eigenvalue weighted by Gasteiger charge is 2.19. The minimum Gasteiger partial charge on any atom is -0.399 e. The van der Waals surface area contributed by atoms with Gasteiger partial charge in [-0.1, -0.05) is 30.8 Å². The zero-order valence-corrected chi connectivity index (χ0v) is 9.28. The first-order chi connectivity index (χ1) is 7.66. The molecular weight excluding hydrogens is 200 g/mol. The molecule has 1 saturated heterocycles. The van der Waals surface area contributed by atoms with Gasteiger partial charge in [0.2, 0.25) is 5.91 Å². The van der Waals surface area contributed by atoms with Crippen LogP contribution in [0.1, 0.15) is 24.0 Å². The number of rotatable bonds is 3. The number of amides is 1. The fourth-order valence-corrected chi connectivity index (χ4v) is 1.92. The van der Waals surface area contributed by atoms with Crippen LogP contribution in [0.25, 0.3) is 5.70 Å². The number of carbonyl (C=O) groups excluding carboxylic acids is 1. The van der Waals surface area contributed by atoms with Gasteiger partial charge in [0.1, 0.15) is 0 Å². The molecule has 0 radical (unpaired) electrons. The van der Waals surface area contributed by atoms with Gasteiger partial charge in [-0.05, 0) is 17.5 Å². The van der Waals surface area contributed by atoms with Gasteiger partial charge in [0.25, 0.3) is 0 Å². The van der Waals surface area contributed by atoms with Crippen LogP contribution in [-0.4, -0.2) is 17.4 Å². The Kier molecular flexibility index (Phi) is 2.95. The van der Waals surface area contributed by atoms with Crippen LogP contribution in [0.4, 0.5) is 0 Å². The Morgan fingerprint density at radius 2 is 2.06 bits per heavy atom. The number of hydrogen-bond donors (Lipinski definition) is 1. The Balaban J connectivity index is 2.05. The Morgan fingerprint density at radius 3 is 2.56 bits per heavy atom. The first-order valence-electron chi connectivity index (χ1n) is 5.48. The summed E-state index contributed by atoms with van der Waals surface area (Å²) in [5, 5.41) is 0. The van der Waals surface area contributed by atoms with E-state index in [0.29, 0.717) is 18.7 Å². The van der Waals surface area contributed by atoms with Crippen molar-refractivity contribution >= 4 is 11.6 Å². The minimum atomic E-state index is 0.257. The molecule has 0 aliphatic carbocycles. The lowest BCUT2D eigenvalue weighted by Gasteiger charge is -2.15. The van der Waals surface area contributed by atoms with E-state index in [1.807, 2.05) is 29.2 Å². The summed E-state index contributed by atoms with van der Waals surface area (Å²) in [7, 11) is 0. The molecular formula is C13H16N2O. The summed E-state index contributed by atoms with van der Waals surface area (Å²) < 4.78 is 0. The van der Waals surface area contributed by atoms with E-state index in [0.717, 1.165) is 24.1 Å². The van der Waals surface area contributed by atoms with Crippen LogP contribution < -0.4 is 5.73 Å². The molecule has 0 unspecified atom stereocenters. The van der Waals surface area contributed by atoms with Crippen LogP contribution in [0.15, 0.2) is 30.8 Å². The molecule has 1 heterocycles. The van der Waals surface area contributed by atoms with Gasteiger partial charge in [0.15, 0.2) is 0 Å². The quantitative estimate of drug-likeness (QED) is 0.836. The van der Waals surface area contributed by atoms with Crippen molar-refractivity contribution in [2.45, 2.75) is 19.4 Å². The van der Waals surface area contributed by atoms with Crippen LogP contribution in [0.2, 0.25) is 0 Å². The van der Waals surface area contributed by atoms with E-state index < -0.39 is 0 Å². The van der Waals surface area contributed by atoms with Crippen molar-refractivity contribution in [1.29, 1.82) is 0 Å². The zero-order valence-electron chi connectivity index (χ0n) is 9.28. The summed E-state index contributed by atoms with van der Waals surface area (Å²) in [4.78, 5) is 13.3. The second-order valence-electron chi connectivity index (χ2n) is 4.14. The van der Waals surface area contributed by atoms with Crippen molar-refractivity contribution in [3.05, 3.63) is 42.0 Å². The Labute approximate surface area is 95.6 Å². The largest absolute Gasteiger partial charge is 0.399 e. The van der Waals surface area contributed by atoms with E-state index in [2.05, 4.69) is 6.58 Å². The number of carbonyl (C=O) groups is 1. The zero-order chi connectivity index (χ0) is 11.5. The average Bonchev–Trinajstić information content (AvgIpc) is 2.65. The minimum absolute atomic E-state index is 0.257. The topological polar surface area (TPSA) is 46.3 Å². The van der Waals surface area contributed by atoms with Gasteiger partial charge in [-0.2, -0.15) is 0 Å². The number of hydrogen-bond acceptors (Lipinski definition) is 2. The number of likely N-dealkylation sites (tertiary alicyclic amines) is 1. The van der Waals surface area contributed by atoms with Gasteiger partial charge in [-0.25, -0.2) is 0 Å². The van der Waals surface area contributed by atoms with E-state index in [1.165, 1.54) is 0 Å². The number of nitrogens with two attached hydrogens (primary N) is 1. The summed E-state index contributed by atoms with van der Waals surface area (Å²) in [5.74, 6) is 0.257. The fraction of sp³-hybridized carbons (Fsp3) is 0.308. The van der Waals surface area contributed by atoms with Gasteiger partial charge < -0.3 is 10.6 Å². The fourth-order valence-electron chi connectivity index (χ4n) is 1.92. The highest BCUT2D eigenvalue weighted by Crippen LogP contribution is 2.15. The van der Waals surface area contributed by atoms with Gasteiger partial charge >= 0.3 is 0 Å². The highest BCUT2D eigenvalue weighted by molar-refractivity contribution is 5.78. The Bertz CT molecular complexity index is 408. The lowest BCUT2D eigenvalue weighted by Crippen LogP contribution is -2.23. The van der Waals surface area contributed by atoms with E-state index in [1.54, 1.807) is 0 Å². The summed E-state index contributed by atoms with van der Waals surface area (Å²) >= 11 is 0. The molecule has 1 aliphatic heterocycles. The van der Waals surface area contributed by atoms with Gasteiger partial charge in [-0.3, -0.25) is 4.79 Å². The number of nitrogens with zero attached hydrogens (tertiary/aromatic N) is 1. The molecule has 1 aliphatic rings. The third kappa shape index (κ3) is 2.24. The van der Waals surface area contributed by atoms with E-state index in [-0.39, 0.29) is 5.91 Å². The number of benzene rings is 1. The second-order valence-corrected chi connectivity index (χ2v) is 4.14. The average molecular weight is 216 g/mol. The maximum Gasteiger partial charge on any atom is 0.222 e. The van der Waals surface area contributed by atoms with Gasteiger partial charge in [0, 0.05) is 25.2 Å². The predicted molar refractivity (Wildman–Crippen MR) is 64.3 cm³/mol. The highest BCUT2D eigenvalue weighted by atomic mass is 16.2. The lowest BCUT2D eigenvalue weighted by molar-refractivity contribution is -0.128. The summed E-state index contributed by atoms with van der Waals surface area (Å²) in [6, 6.07) is 7.88. The first kappa shape index (κ1) is 10.7. The molecule has 0 atom stereocenters. The molecule has 1 amide bonds. The van der Waals surface area contributed by atoms with E-state index in [4.69, 9.17) is 5.73 Å². The van der Waals surface area contributed by atoms with E-state index >= 15 is 0 Å². The standard InChI is InChI=1S/C13H16N2O/c1-10(14)12-6-4-11(5-7-12)9-15-8-2-3-13(15)16/h4-7H,1-3,8-9,14H2. The molecule has 3 heteroatoms. The molecule has 84 valence electrons. The molecule has 3 nitrogen and oxygen atoms in total. The summed E-state index contributed by atoms with van der Waals surface area (Å²) in [6.07, 6.45) is 1.67. The normalized spacial score (nSPS) is 15.5. The maximum atomic E-state index is 11.4. The molecule has 1 aromatic rings. The molecule has 0 aromatic heterocycles. The molecule has 16 heavy (non-hydrogen) atoms. The SMILES string of the molecule is C=C(N)c1ccc(CN2CCCC2=O)cc1. The van der Waals surface area contributed by atoms with Crippen molar-refractivity contribution in [2.75, 3.05) is 6.54 Å². The van der Waals surface area contributed by atoms with Crippen LogP contribution in [0.5, 0.6) is 0 Å². The molecule has 2 N–H and O–H groups in total. The maximum absolute atomic E-state index is 11.4. The molecule has 1 fully saturated rings. The summed E-state index contributed by atoms with van der Waals surface area (Å²) in [5.41, 5.74) is 8.24. The van der Waals surface area contributed by atoms with Crippen LogP contribution >= 0.6 is 0 Å². The monoisotopic (exact) mass is 216 g/mol. The van der Waals surface area contributed by atoms with Crippen LogP contribution in [0, 0.1) is 0 Å². The van der Waals surface area contributed by atoms with Crippen molar-refractivity contribution < 1.29 is 4.79 Å². The molecule has 0 saturated carbocycles.